The number of phenolic OH excluding ortho intramolecular Hbond substituents is 1. The van der Waals surface area contributed by atoms with E-state index in [0.717, 1.165) is 11.1 Å². The summed E-state index contributed by atoms with van der Waals surface area (Å²) >= 11 is 0. The van der Waals surface area contributed by atoms with Crippen molar-refractivity contribution >= 4 is 6.08 Å². The molecule has 1 saturated carbocycles. The molecule has 1 fully saturated rings. The van der Waals surface area contributed by atoms with Crippen molar-refractivity contribution < 1.29 is 5.11 Å². The zero-order valence-corrected chi connectivity index (χ0v) is 11.8. The largest absolute Gasteiger partial charge is 0.507 e. The molecule has 0 amide bonds. The van der Waals surface area contributed by atoms with Crippen LogP contribution in [0.2, 0.25) is 0 Å². The molecule has 0 heterocycles. The monoisotopic (exact) mass is 244 g/mol. The zero-order valence-electron chi connectivity index (χ0n) is 11.8. The highest BCUT2D eigenvalue weighted by Crippen LogP contribution is 2.35. The van der Waals surface area contributed by atoms with E-state index in [1.54, 1.807) is 0 Å². The van der Waals surface area contributed by atoms with E-state index < -0.39 is 0 Å². The van der Waals surface area contributed by atoms with Gasteiger partial charge in [0.05, 0.1) is 0 Å². The van der Waals surface area contributed by atoms with Crippen molar-refractivity contribution in [2.75, 3.05) is 0 Å². The van der Waals surface area contributed by atoms with Crippen LogP contribution in [0, 0.1) is 0 Å². The van der Waals surface area contributed by atoms with Gasteiger partial charge in [-0.05, 0) is 36.7 Å². The van der Waals surface area contributed by atoms with E-state index in [9.17, 15) is 5.11 Å². The molecule has 1 aliphatic rings. The van der Waals surface area contributed by atoms with Crippen LogP contribution in [-0.4, -0.2) is 5.11 Å². The zero-order chi connectivity index (χ0) is 13.2. The van der Waals surface area contributed by atoms with Gasteiger partial charge in [0.25, 0.3) is 0 Å². The number of hydrogen-bond donors (Lipinski definition) is 1. The summed E-state index contributed by atoms with van der Waals surface area (Å²) in [5.74, 6) is 0.461. The van der Waals surface area contributed by atoms with Crippen LogP contribution in [0.1, 0.15) is 64.0 Å². The van der Waals surface area contributed by atoms with Gasteiger partial charge >= 0.3 is 0 Å². The Balaban J connectivity index is 2.34. The molecule has 0 atom stereocenters. The Bertz CT molecular complexity index is 441. The number of para-hydroxylation sites is 1. The fraction of sp³-hybridized carbons (Fsp3) is 0.529. The van der Waals surface area contributed by atoms with Crippen molar-refractivity contribution in [3.63, 3.8) is 0 Å². The van der Waals surface area contributed by atoms with Gasteiger partial charge < -0.3 is 5.11 Å². The summed E-state index contributed by atoms with van der Waals surface area (Å²) in [5, 5.41) is 10.4. The first-order valence-corrected chi connectivity index (χ1v) is 7.00. The lowest BCUT2D eigenvalue weighted by molar-refractivity contribution is 0.445. The smallest absolute Gasteiger partial charge is 0.126 e. The molecule has 1 N–H and O–H groups in total. The summed E-state index contributed by atoms with van der Waals surface area (Å²) in [5.41, 5.74) is 3.50. The van der Waals surface area contributed by atoms with Crippen LogP contribution < -0.4 is 0 Å². The molecule has 0 aliphatic heterocycles. The number of aromatic hydroxyl groups is 1. The van der Waals surface area contributed by atoms with Crippen LogP contribution in [0.15, 0.2) is 23.8 Å². The summed E-state index contributed by atoms with van der Waals surface area (Å²) in [6.45, 7) is 6.42. The van der Waals surface area contributed by atoms with Crippen LogP contribution >= 0.6 is 0 Å². The standard InChI is InChI=1S/C17H24O/c1-17(2,3)15-11-7-10-14(16(15)18)12-13-8-5-4-6-9-13/h7,10-12,18H,4-6,8-9H2,1-3H3. The Kier molecular flexibility index (Phi) is 3.79. The first-order chi connectivity index (χ1) is 8.48. The normalized spacial score (nSPS) is 16.7. The third kappa shape index (κ3) is 2.95. The van der Waals surface area contributed by atoms with Crippen LogP contribution in [0.3, 0.4) is 0 Å². The minimum Gasteiger partial charge on any atom is -0.507 e. The van der Waals surface area contributed by atoms with Crippen LogP contribution in [0.25, 0.3) is 6.08 Å². The van der Waals surface area contributed by atoms with Crippen LogP contribution in [-0.2, 0) is 5.41 Å². The number of phenols is 1. The summed E-state index contributed by atoms with van der Waals surface area (Å²) < 4.78 is 0. The Morgan fingerprint density at radius 1 is 1.06 bits per heavy atom. The summed E-state index contributed by atoms with van der Waals surface area (Å²) in [6, 6.07) is 6.10. The predicted molar refractivity (Wildman–Crippen MR) is 77.9 cm³/mol. The van der Waals surface area contributed by atoms with E-state index in [1.807, 2.05) is 12.1 Å². The number of rotatable bonds is 1. The van der Waals surface area contributed by atoms with Gasteiger partial charge in [0, 0.05) is 5.56 Å². The lowest BCUT2D eigenvalue weighted by Crippen LogP contribution is -2.11. The Morgan fingerprint density at radius 2 is 1.72 bits per heavy atom. The van der Waals surface area contributed by atoms with Crippen molar-refractivity contribution in [1.82, 2.24) is 0 Å². The molecule has 98 valence electrons. The average Bonchev–Trinajstić information content (AvgIpc) is 2.32. The van der Waals surface area contributed by atoms with Crippen molar-refractivity contribution in [2.24, 2.45) is 0 Å². The average molecular weight is 244 g/mol. The lowest BCUT2D eigenvalue weighted by atomic mass is 9.84. The van der Waals surface area contributed by atoms with Crippen molar-refractivity contribution in [3.05, 3.63) is 34.9 Å². The van der Waals surface area contributed by atoms with Gasteiger partial charge in [0.15, 0.2) is 0 Å². The first kappa shape index (κ1) is 13.2. The molecule has 1 aromatic rings. The minimum absolute atomic E-state index is 0.00877. The highest BCUT2D eigenvalue weighted by Gasteiger charge is 2.19. The van der Waals surface area contributed by atoms with Crippen LogP contribution in [0.4, 0.5) is 0 Å². The van der Waals surface area contributed by atoms with E-state index >= 15 is 0 Å². The maximum atomic E-state index is 10.4. The summed E-state index contributed by atoms with van der Waals surface area (Å²) in [6.07, 6.45) is 8.53. The molecule has 0 radical (unpaired) electrons. The summed E-state index contributed by atoms with van der Waals surface area (Å²) in [4.78, 5) is 0. The lowest BCUT2D eigenvalue weighted by Gasteiger charge is -2.22. The Labute approximate surface area is 111 Å². The van der Waals surface area contributed by atoms with Gasteiger partial charge in [-0.3, -0.25) is 0 Å². The molecule has 1 aromatic carbocycles. The summed E-state index contributed by atoms with van der Waals surface area (Å²) in [7, 11) is 0. The third-order valence-electron chi connectivity index (χ3n) is 3.73. The van der Waals surface area contributed by atoms with Crippen LogP contribution in [0.5, 0.6) is 5.75 Å². The first-order valence-electron chi connectivity index (χ1n) is 7.00. The van der Waals surface area contributed by atoms with Gasteiger partial charge in [-0.1, -0.05) is 57.0 Å². The fourth-order valence-electron chi connectivity index (χ4n) is 2.65. The molecule has 0 aromatic heterocycles. The van der Waals surface area contributed by atoms with E-state index in [1.165, 1.54) is 37.7 Å². The molecule has 1 aliphatic carbocycles. The third-order valence-corrected chi connectivity index (χ3v) is 3.73. The molecule has 18 heavy (non-hydrogen) atoms. The molecule has 0 unspecified atom stereocenters. The number of benzene rings is 1. The van der Waals surface area contributed by atoms with E-state index in [-0.39, 0.29) is 5.41 Å². The van der Waals surface area contributed by atoms with Gasteiger partial charge in [-0.15, -0.1) is 0 Å². The van der Waals surface area contributed by atoms with E-state index in [2.05, 4.69) is 32.9 Å². The van der Waals surface area contributed by atoms with E-state index in [4.69, 9.17) is 0 Å². The van der Waals surface area contributed by atoms with Crippen molar-refractivity contribution in [1.29, 1.82) is 0 Å². The molecule has 2 rings (SSSR count). The van der Waals surface area contributed by atoms with Gasteiger partial charge in [0.2, 0.25) is 0 Å². The van der Waals surface area contributed by atoms with Gasteiger partial charge in [-0.25, -0.2) is 0 Å². The predicted octanol–water partition coefficient (Wildman–Crippen LogP) is 5.04. The van der Waals surface area contributed by atoms with Crippen molar-refractivity contribution in [2.45, 2.75) is 58.3 Å². The fourth-order valence-corrected chi connectivity index (χ4v) is 2.65. The molecule has 0 bridgehead atoms. The maximum absolute atomic E-state index is 10.4. The SMILES string of the molecule is CC(C)(C)c1cccc(C=C2CCCCC2)c1O. The second-order valence-corrected chi connectivity index (χ2v) is 6.36. The molecule has 1 heteroatoms. The molecule has 0 saturated heterocycles. The molecular weight excluding hydrogens is 220 g/mol. The highest BCUT2D eigenvalue weighted by atomic mass is 16.3. The molecular formula is C17H24O. The quantitative estimate of drug-likeness (QED) is 0.734. The molecule has 0 spiro atoms. The van der Waals surface area contributed by atoms with Gasteiger partial charge in [-0.2, -0.15) is 0 Å². The Morgan fingerprint density at radius 3 is 2.33 bits per heavy atom. The molecule has 1 nitrogen and oxygen atoms in total. The van der Waals surface area contributed by atoms with E-state index in [0.29, 0.717) is 5.75 Å². The topological polar surface area (TPSA) is 20.2 Å². The second kappa shape index (κ2) is 5.17. The van der Waals surface area contributed by atoms with Crippen molar-refractivity contribution in [3.8, 4) is 5.75 Å². The Hall–Kier alpha value is -1.24. The highest BCUT2D eigenvalue weighted by molar-refractivity contribution is 5.62. The number of allylic oxidation sites excluding steroid dienone is 1. The maximum Gasteiger partial charge on any atom is 0.126 e. The minimum atomic E-state index is -0.00877. The second-order valence-electron chi connectivity index (χ2n) is 6.36. The number of hydrogen-bond acceptors (Lipinski definition) is 1. The van der Waals surface area contributed by atoms with Gasteiger partial charge in [0.1, 0.15) is 5.75 Å².